The van der Waals surface area contributed by atoms with Crippen molar-refractivity contribution in [2.24, 2.45) is 0 Å². The van der Waals surface area contributed by atoms with Crippen molar-refractivity contribution >= 4 is 28.4 Å². The Labute approximate surface area is 152 Å². The second-order valence-electron chi connectivity index (χ2n) is 5.72. The summed E-state index contributed by atoms with van der Waals surface area (Å²) in [5.41, 5.74) is 1.57. The molecule has 0 aliphatic heterocycles. The van der Waals surface area contributed by atoms with Crippen LogP contribution in [-0.2, 0) is 4.79 Å². The number of fused-ring (bicyclic) bond motifs is 1. The van der Waals surface area contributed by atoms with Gasteiger partial charge in [-0.25, -0.2) is 4.79 Å². The standard InChI is InChI=1S/C22H20O4/c1-3-26-21-13-10-15-6-4-5-7-18(15)20(21)14-19(22(23)24)16-8-11-17(25-2)12-9-16/h4-14H,3H2,1-2H3,(H,23,24)/b19-14+. The number of benzene rings is 3. The zero-order chi connectivity index (χ0) is 18.5. The van der Waals surface area contributed by atoms with Gasteiger partial charge in [0.2, 0.25) is 0 Å². The molecule has 0 aliphatic carbocycles. The molecule has 0 bridgehead atoms. The maximum absolute atomic E-state index is 11.9. The highest BCUT2D eigenvalue weighted by Crippen LogP contribution is 2.32. The van der Waals surface area contributed by atoms with E-state index in [-0.39, 0.29) is 5.57 Å². The third-order valence-corrected chi connectivity index (χ3v) is 4.15. The van der Waals surface area contributed by atoms with Gasteiger partial charge in [0.1, 0.15) is 11.5 Å². The van der Waals surface area contributed by atoms with Crippen molar-refractivity contribution in [2.45, 2.75) is 6.92 Å². The molecule has 1 N–H and O–H groups in total. The first kappa shape index (κ1) is 17.5. The number of carbonyl (C=O) groups is 1. The molecule has 0 atom stereocenters. The lowest BCUT2D eigenvalue weighted by Crippen LogP contribution is -2.01. The Morgan fingerprint density at radius 2 is 1.77 bits per heavy atom. The Balaban J connectivity index is 2.20. The van der Waals surface area contributed by atoms with Crippen molar-refractivity contribution in [2.75, 3.05) is 13.7 Å². The third-order valence-electron chi connectivity index (χ3n) is 4.15. The van der Waals surface area contributed by atoms with Gasteiger partial charge in [-0.1, -0.05) is 42.5 Å². The van der Waals surface area contributed by atoms with Crippen molar-refractivity contribution < 1.29 is 19.4 Å². The number of rotatable bonds is 6. The minimum absolute atomic E-state index is 0.199. The zero-order valence-corrected chi connectivity index (χ0v) is 14.7. The van der Waals surface area contributed by atoms with Crippen LogP contribution in [0.5, 0.6) is 11.5 Å². The molecule has 4 heteroatoms. The fourth-order valence-electron chi connectivity index (χ4n) is 2.89. The number of carboxylic acid groups (broad SMARTS) is 1. The van der Waals surface area contributed by atoms with E-state index in [4.69, 9.17) is 9.47 Å². The van der Waals surface area contributed by atoms with E-state index in [9.17, 15) is 9.90 Å². The van der Waals surface area contributed by atoms with Gasteiger partial charge in [0, 0.05) is 5.56 Å². The van der Waals surface area contributed by atoms with E-state index in [1.807, 2.05) is 43.3 Å². The summed E-state index contributed by atoms with van der Waals surface area (Å²) in [6.45, 7) is 2.41. The maximum Gasteiger partial charge on any atom is 0.336 e. The average Bonchev–Trinajstić information content (AvgIpc) is 2.67. The summed E-state index contributed by atoms with van der Waals surface area (Å²) in [6, 6.07) is 18.7. The van der Waals surface area contributed by atoms with E-state index >= 15 is 0 Å². The molecule has 0 aromatic heterocycles. The number of hydrogen-bond donors (Lipinski definition) is 1. The van der Waals surface area contributed by atoms with Crippen LogP contribution in [0.15, 0.2) is 60.7 Å². The highest BCUT2D eigenvalue weighted by Gasteiger charge is 2.14. The van der Waals surface area contributed by atoms with Crippen molar-refractivity contribution in [1.29, 1.82) is 0 Å². The number of ether oxygens (including phenoxy) is 2. The van der Waals surface area contributed by atoms with E-state index in [1.165, 1.54) is 0 Å². The van der Waals surface area contributed by atoms with E-state index < -0.39 is 5.97 Å². The van der Waals surface area contributed by atoms with Gasteiger partial charge in [-0.2, -0.15) is 0 Å². The average molecular weight is 348 g/mol. The molecule has 0 heterocycles. The SMILES string of the molecule is CCOc1ccc2ccccc2c1/C=C(/C(=O)O)c1ccc(OC)cc1. The van der Waals surface area contributed by atoms with Crippen molar-refractivity contribution in [3.63, 3.8) is 0 Å². The maximum atomic E-state index is 11.9. The molecule has 0 unspecified atom stereocenters. The molecule has 3 rings (SSSR count). The summed E-state index contributed by atoms with van der Waals surface area (Å²) >= 11 is 0. The molecule has 0 aliphatic rings. The van der Waals surface area contributed by atoms with Crippen molar-refractivity contribution in [3.05, 3.63) is 71.8 Å². The van der Waals surface area contributed by atoms with E-state index in [1.54, 1.807) is 37.5 Å². The van der Waals surface area contributed by atoms with Gasteiger partial charge in [-0.15, -0.1) is 0 Å². The number of hydrogen-bond acceptors (Lipinski definition) is 3. The lowest BCUT2D eigenvalue weighted by Gasteiger charge is -2.12. The normalized spacial score (nSPS) is 11.4. The Kier molecular flexibility index (Phi) is 5.23. The predicted molar refractivity (Wildman–Crippen MR) is 104 cm³/mol. The summed E-state index contributed by atoms with van der Waals surface area (Å²) in [5.74, 6) is 0.350. The number of carboxylic acids is 1. The number of methoxy groups -OCH3 is 1. The van der Waals surface area contributed by atoms with Gasteiger partial charge >= 0.3 is 5.97 Å². The van der Waals surface area contributed by atoms with Gasteiger partial charge in [0.05, 0.1) is 19.3 Å². The van der Waals surface area contributed by atoms with Crippen molar-refractivity contribution in [1.82, 2.24) is 0 Å². The first-order valence-electron chi connectivity index (χ1n) is 8.38. The van der Waals surface area contributed by atoms with Crippen LogP contribution in [0.25, 0.3) is 22.4 Å². The highest BCUT2D eigenvalue weighted by molar-refractivity contribution is 6.22. The summed E-state index contributed by atoms with van der Waals surface area (Å²) in [4.78, 5) is 11.9. The van der Waals surface area contributed by atoms with Crippen molar-refractivity contribution in [3.8, 4) is 11.5 Å². The molecule has 4 nitrogen and oxygen atoms in total. The second kappa shape index (κ2) is 7.74. The van der Waals surface area contributed by atoms with Gasteiger partial charge in [-0.3, -0.25) is 0 Å². The monoisotopic (exact) mass is 348 g/mol. The molecular formula is C22H20O4. The fourth-order valence-corrected chi connectivity index (χ4v) is 2.89. The second-order valence-corrected chi connectivity index (χ2v) is 5.72. The van der Waals surface area contributed by atoms with Gasteiger partial charge in [0.25, 0.3) is 0 Å². The summed E-state index contributed by atoms with van der Waals surface area (Å²) < 4.78 is 10.9. The minimum Gasteiger partial charge on any atom is -0.497 e. The van der Waals surface area contributed by atoms with Crippen LogP contribution in [0.2, 0.25) is 0 Å². The van der Waals surface area contributed by atoms with Gasteiger partial charge in [-0.05, 0) is 47.5 Å². The van der Waals surface area contributed by atoms with Crippen LogP contribution < -0.4 is 9.47 Å². The topological polar surface area (TPSA) is 55.8 Å². The Bertz CT molecular complexity index is 956. The molecule has 132 valence electrons. The zero-order valence-electron chi connectivity index (χ0n) is 14.7. The molecule has 0 saturated carbocycles. The Hall–Kier alpha value is -3.27. The fraction of sp³-hybridized carbons (Fsp3) is 0.136. The van der Waals surface area contributed by atoms with Crippen LogP contribution in [0.1, 0.15) is 18.1 Å². The van der Waals surface area contributed by atoms with Crippen LogP contribution >= 0.6 is 0 Å². The highest BCUT2D eigenvalue weighted by atomic mass is 16.5. The van der Waals surface area contributed by atoms with E-state index in [2.05, 4.69) is 0 Å². The van der Waals surface area contributed by atoms with Crippen LogP contribution in [0, 0.1) is 0 Å². The van der Waals surface area contributed by atoms with Crippen LogP contribution in [0.3, 0.4) is 0 Å². The lowest BCUT2D eigenvalue weighted by atomic mass is 9.98. The molecule has 26 heavy (non-hydrogen) atoms. The summed E-state index contributed by atoms with van der Waals surface area (Å²) in [5, 5.41) is 11.7. The quantitative estimate of drug-likeness (QED) is 0.510. The van der Waals surface area contributed by atoms with Crippen LogP contribution in [0.4, 0.5) is 0 Å². The molecule has 0 radical (unpaired) electrons. The molecule has 0 amide bonds. The third kappa shape index (κ3) is 3.54. The molecule has 0 saturated heterocycles. The molecule has 3 aromatic carbocycles. The first-order chi connectivity index (χ1) is 12.6. The van der Waals surface area contributed by atoms with Gasteiger partial charge < -0.3 is 14.6 Å². The molecule has 0 spiro atoms. The Morgan fingerprint density at radius 1 is 1.04 bits per heavy atom. The van der Waals surface area contributed by atoms with E-state index in [0.29, 0.717) is 23.7 Å². The minimum atomic E-state index is -0.995. The smallest absolute Gasteiger partial charge is 0.336 e. The molecule has 0 fully saturated rings. The molecule has 3 aromatic rings. The first-order valence-corrected chi connectivity index (χ1v) is 8.38. The summed E-state index contributed by atoms with van der Waals surface area (Å²) in [6.07, 6.45) is 1.68. The lowest BCUT2D eigenvalue weighted by molar-refractivity contribution is -0.130. The molecular weight excluding hydrogens is 328 g/mol. The largest absolute Gasteiger partial charge is 0.497 e. The van der Waals surface area contributed by atoms with Gasteiger partial charge in [0.15, 0.2) is 0 Å². The predicted octanol–water partition coefficient (Wildman–Crippen LogP) is 4.87. The Morgan fingerprint density at radius 3 is 2.42 bits per heavy atom. The summed E-state index contributed by atoms with van der Waals surface area (Å²) in [7, 11) is 1.58. The van der Waals surface area contributed by atoms with Crippen LogP contribution in [-0.4, -0.2) is 24.8 Å². The number of aliphatic carboxylic acids is 1. The van der Waals surface area contributed by atoms with E-state index in [0.717, 1.165) is 16.3 Å².